The van der Waals surface area contributed by atoms with E-state index in [1.54, 1.807) is 6.26 Å². The largest absolute Gasteiger partial charge is 0.449 e. The summed E-state index contributed by atoms with van der Waals surface area (Å²) in [7, 11) is 0. The van der Waals surface area contributed by atoms with Crippen LogP contribution in [0.3, 0.4) is 0 Å². The van der Waals surface area contributed by atoms with Crippen molar-refractivity contribution in [3.05, 3.63) is 17.8 Å². The predicted molar refractivity (Wildman–Crippen MR) is 56.6 cm³/mol. The molecule has 1 fully saturated rings. The van der Waals surface area contributed by atoms with Crippen molar-refractivity contribution in [3.8, 4) is 0 Å². The van der Waals surface area contributed by atoms with Gasteiger partial charge in [-0.25, -0.2) is 4.98 Å². The lowest BCUT2D eigenvalue weighted by molar-refractivity contribution is 0.298. The third-order valence-corrected chi connectivity index (χ3v) is 2.89. The molecular weight excluding hydrogens is 192 g/mol. The molecule has 0 atom stereocenters. The summed E-state index contributed by atoms with van der Waals surface area (Å²) in [5, 5.41) is 12.1. The zero-order valence-electron chi connectivity index (χ0n) is 8.91. The van der Waals surface area contributed by atoms with Crippen molar-refractivity contribution in [2.75, 3.05) is 19.7 Å². The van der Waals surface area contributed by atoms with Crippen LogP contribution in [0, 0.1) is 5.92 Å². The summed E-state index contributed by atoms with van der Waals surface area (Å²) in [4.78, 5) is 4.35. The fourth-order valence-electron chi connectivity index (χ4n) is 2.00. The van der Waals surface area contributed by atoms with Gasteiger partial charge in [-0.15, -0.1) is 0 Å². The Kier molecular flexibility index (Phi) is 3.75. The molecule has 2 rings (SSSR count). The number of aliphatic hydroxyl groups excluding tert-OH is 1. The summed E-state index contributed by atoms with van der Waals surface area (Å²) < 4.78 is 5.38. The van der Waals surface area contributed by atoms with Gasteiger partial charge in [0.15, 0.2) is 5.89 Å². The molecule has 2 heterocycles. The van der Waals surface area contributed by atoms with Crippen molar-refractivity contribution in [1.82, 2.24) is 10.3 Å². The van der Waals surface area contributed by atoms with E-state index in [4.69, 9.17) is 9.52 Å². The fraction of sp³-hybridized carbons (Fsp3) is 0.727. The van der Waals surface area contributed by atoms with Crippen LogP contribution in [0.2, 0.25) is 0 Å². The average molecular weight is 210 g/mol. The van der Waals surface area contributed by atoms with Gasteiger partial charge in [-0.3, -0.25) is 0 Å². The van der Waals surface area contributed by atoms with Crippen LogP contribution in [-0.4, -0.2) is 29.8 Å². The number of aliphatic hydroxyl groups is 1. The third-order valence-electron chi connectivity index (χ3n) is 2.89. The Morgan fingerprint density at radius 3 is 3.00 bits per heavy atom. The lowest BCUT2D eigenvalue weighted by Gasteiger charge is -2.20. The molecule has 15 heavy (non-hydrogen) atoms. The highest BCUT2D eigenvalue weighted by Crippen LogP contribution is 2.17. The second kappa shape index (κ2) is 5.28. The first kappa shape index (κ1) is 10.6. The molecule has 84 valence electrons. The molecule has 4 heteroatoms. The van der Waals surface area contributed by atoms with Crippen LogP contribution in [0.25, 0.3) is 0 Å². The van der Waals surface area contributed by atoms with E-state index in [1.165, 1.54) is 12.8 Å². The zero-order valence-corrected chi connectivity index (χ0v) is 8.91. The van der Waals surface area contributed by atoms with Gasteiger partial charge in [0, 0.05) is 19.4 Å². The Labute approximate surface area is 89.7 Å². The van der Waals surface area contributed by atoms with Crippen LogP contribution in [0.4, 0.5) is 0 Å². The van der Waals surface area contributed by atoms with E-state index in [9.17, 15) is 0 Å². The molecule has 0 aliphatic carbocycles. The number of piperidine rings is 1. The lowest BCUT2D eigenvalue weighted by Crippen LogP contribution is -2.28. The molecule has 0 amide bonds. The van der Waals surface area contributed by atoms with E-state index >= 15 is 0 Å². The first-order valence-corrected chi connectivity index (χ1v) is 5.63. The van der Waals surface area contributed by atoms with Gasteiger partial charge in [-0.1, -0.05) is 0 Å². The van der Waals surface area contributed by atoms with Crippen molar-refractivity contribution in [2.45, 2.75) is 25.7 Å². The zero-order chi connectivity index (χ0) is 10.5. The predicted octanol–water partition coefficient (Wildman–Crippen LogP) is 0.751. The van der Waals surface area contributed by atoms with Crippen molar-refractivity contribution in [2.24, 2.45) is 5.92 Å². The van der Waals surface area contributed by atoms with E-state index in [-0.39, 0.29) is 6.61 Å². The van der Waals surface area contributed by atoms with Crippen LogP contribution in [-0.2, 0) is 12.8 Å². The minimum Gasteiger partial charge on any atom is -0.449 e. The molecule has 0 aromatic carbocycles. The second-order valence-electron chi connectivity index (χ2n) is 4.10. The minimum atomic E-state index is 0.138. The van der Waals surface area contributed by atoms with Gasteiger partial charge in [0.25, 0.3) is 0 Å². The number of nitrogens with zero attached hydrogens (tertiary/aromatic N) is 1. The Bertz CT molecular complexity index is 293. The number of oxazole rings is 1. The van der Waals surface area contributed by atoms with Crippen molar-refractivity contribution < 1.29 is 9.52 Å². The lowest BCUT2D eigenvalue weighted by atomic mass is 9.95. The number of rotatable bonds is 4. The topological polar surface area (TPSA) is 58.3 Å². The van der Waals surface area contributed by atoms with E-state index in [2.05, 4.69) is 10.3 Å². The molecule has 0 saturated carbocycles. The van der Waals surface area contributed by atoms with Gasteiger partial charge in [-0.05, 0) is 31.8 Å². The number of hydrogen-bond acceptors (Lipinski definition) is 4. The molecule has 0 spiro atoms. The first-order valence-electron chi connectivity index (χ1n) is 5.63. The van der Waals surface area contributed by atoms with Gasteiger partial charge in [0.2, 0.25) is 0 Å². The van der Waals surface area contributed by atoms with E-state index in [0.717, 1.165) is 31.1 Å². The molecule has 1 aliphatic rings. The molecule has 1 aliphatic heterocycles. The van der Waals surface area contributed by atoms with Gasteiger partial charge in [0.1, 0.15) is 6.26 Å². The highest BCUT2D eigenvalue weighted by molar-refractivity contribution is 4.97. The van der Waals surface area contributed by atoms with E-state index in [1.807, 2.05) is 0 Å². The average Bonchev–Trinajstić information content (AvgIpc) is 2.68. The summed E-state index contributed by atoms with van der Waals surface area (Å²) in [6.07, 6.45) is 5.60. The quantitative estimate of drug-likeness (QED) is 0.770. The van der Waals surface area contributed by atoms with Gasteiger partial charge in [-0.2, -0.15) is 0 Å². The van der Waals surface area contributed by atoms with E-state index in [0.29, 0.717) is 12.3 Å². The molecule has 2 N–H and O–H groups in total. The highest BCUT2D eigenvalue weighted by atomic mass is 16.3. The summed E-state index contributed by atoms with van der Waals surface area (Å²) in [5.41, 5.74) is 0.862. The van der Waals surface area contributed by atoms with Crippen LogP contribution in [0.15, 0.2) is 10.7 Å². The summed E-state index contributed by atoms with van der Waals surface area (Å²) >= 11 is 0. The van der Waals surface area contributed by atoms with Crippen LogP contribution >= 0.6 is 0 Å². The van der Waals surface area contributed by atoms with Crippen LogP contribution in [0.1, 0.15) is 24.4 Å². The van der Waals surface area contributed by atoms with Crippen molar-refractivity contribution in [3.63, 3.8) is 0 Å². The van der Waals surface area contributed by atoms with Crippen LogP contribution in [0.5, 0.6) is 0 Å². The van der Waals surface area contributed by atoms with Gasteiger partial charge < -0.3 is 14.8 Å². The Morgan fingerprint density at radius 1 is 1.47 bits per heavy atom. The Hall–Kier alpha value is -0.870. The fourth-order valence-corrected chi connectivity index (χ4v) is 2.00. The normalized spacial score (nSPS) is 18.2. The molecule has 1 aromatic heterocycles. The second-order valence-corrected chi connectivity index (χ2v) is 4.10. The Morgan fingerprint density at radius 2 is 2.27 bits per heavy atom. The molecule has 4 nitrogen and oxygen atoms in total. The van der Waals surface area contributed by atoms with Gasteiger partial charge >= 0.3 is 0 Å². The van der Waals surface area contributed by atoms with Crippen molar-refractivity contribution >= 4 is 0 Å². The maximum absolute atomic E-state index is 8.76. The van der Waals surface area contributed by atoms with E-state index < -0.39 is 0 Å². The summed E-state index contributed by atoms with van der Waals surface area (Å²) in [6.45, 7) is 2.35. The molecule has 0 radical (unpaired) electrons. The molecular formula is C11H18N2O2. The highest BCUT2D eigenvalue weighted by Gasteiger charge is 2.16. The third kappa shape index (κ3) is 3.04. The molecule has 0 bridgehead atoms. The Balaban J connectivity index is 1.86. The van der Waals surface area contributed by atoms with Crippen LogP contribution < -0.4 is 5.32 Å². The minimum absolute atomic E-state index is 0.138. The molecule has 0 unspecified atom stereocenters. The number of hydrogen-bond donors (Lipinski definition) is 2. The first-order chi connectivity index (χ1) is 7.38. The number of nitrogens with one attached hydrogen (secondary N) is 1. The smallest absolute Gasteiger partial charge is 0.194 e. The van der Waals surface area contributed by atoms with Crippen molar-refractivity contribution in [1.29, 1.82) is 0 Å². The number of aromatic nitrogens is 1. The summed E-state index contributed by atoms with van der Waals surface area (Å²) in [6, 6.07) is 0. The molecule has 1 saturated heterocycles. The standard InChI is InChI=1S/C11H18N2O2/c14-6-3-10-8-15-11(13-10)7-9-1-4-12-5-2-9/h8-9,12,14H,1-7H2. The molecule has 1 aromatic rings. The maximum Gasteiger partial charge on any atom is 0.194 e. The van der Waals surface area contributed by atoms with Gasteiger partial charge in [0.05, 0.1) is 5.69 Å². The maximum atomic E-state index is 8.76. The summed E-state index contributed by atoms with van der Waals surface area (Å²) in [5.74, 6) is 1.53. The SMILES string of the molecule is OCCc1coc(CC2CCNCC2)n1. The monoisotopic (exact) mass is 210 g/mol.